The zero-order valence-electron chi connectivity index (χ0n) is 23.0. The monoisotopic (exact) mass is 521 g/mol. The van der Waals surface area contributed by atoms with Gasteiger partial charge in [0.25, 0.3) is 0 Å². The molecule has 0 aliphatic carbocycles. The number of rotatable bonds is 12. The van der Waals surface area contributed by atoms with Crippen molar-refractivity contribution in [3.05, 3.63) is 121 Å². The number of nitrogen functional groups attached to an aromatic ring is 1. The molecule has 39 heavy (non-hydrogen) atoms. The van der Waals surface area contributed by atoms with Crippen LogP contribution in [0.25, 0.3) is 11.1 Å². The molecule has 2 aromatic heterocycles. The summed E-state index contributed by atoms with van der Waals surface area (Å²) in [6.45, 7) is 10.9. The maximum atomic E-state index is 8.91. The van der Waals surface area contributed by atoms with Gasteiger partial charge in [-0.2, -0.15) is 5.10 Å². The van der Waals surface area contributed by atoms with Crippen LogP contribution in [0.4, 0.5) is 11.5 Å². The molecule has 0 unspecified atom stereocenters. The second-order valence-electron chi connectivity index (χ2n) is 9.06. The van der Waals surface area contributed by atoms with E-state index in [0.29, 0.717) is 23.6 Å². The molecular formula is C32H39N7. The van der Waals surface area contributed by atoms with Gasteiger partial charge in [0.15, 0.2) is 0 Å². The molecule has 4 aromatic rings. The third-order valence-corrected chi connectivity index (χ3v) is 6.10. The summed E-state index contributed by atoms with van der Waals surface area (Å²) in [5.41, 5.74) is 13.1. The van der Waals surface area contributed by atoms with E-state index in [2.05, 4.69) is 58.1 Å². The van der Waals surface area contributed by atoms with Gasteiger partial charge in [0, 0.05) is 49.2 Å². The van der Waals surface area contributed by atoms with Crippen molar-refractivity contribution in [1.29, 1.82) is 5.41 Å². The van der Waals surface area contributed by atoms with Crippen LogP contribution in [0.1, 0.15) is 42.0 Å². The molecule has 2 heterocycles. The number of nitrogens with one attached hydrogen (secondary N) is 3. The van der Waals surface area contributed by atoms with E-state index in [0.717, 1.165) is 48.2 Å². The second-order valence-corrected chi connectivity index (χ2v) is 9.06. The standard InChI is InChI=1S/C25H26N6.C7H13N/c1-3-28-24-21(20-14-30-31(2)16-20)15-29-25(27)22(24)23(26)19-11-9-18(10-12-19)13-17-7-5-4-6-8-17;1-3-5-6-7-8-4-2/h4-12,14-16,26H,3,13H2,1-2H3,(H3,27,28,29);3-4,8H,1-2,5-7H2. The molecule has 4 rings (SSSR count). The van der Waals surface area contributed by atoms with Gasteiger partial charge in [-0.25, -0.2) is 4.98 Å². The van der Waals surface area contributed by atoms with Crippen molar-refractivity contribution in [2.75, 3.05) is 24.1 Å². The predicted octanol–water partition coefficient (Wildman–Crippen LogP) is 6.19. The van der Waals surface area contributed by atoms with Crippen LogP contribution in [0.2, 0.25) is 0 Å². The number of aromatic nitrogens is 3. The van der Waals surface area contributed by atoms with E-state index in [1.54, 1.807) is 23.3 Å². The molecule has 0 amide bonds. The largest absolute Gasteiger partial charge is 0.391 e. The minimum Gasteiger partial charge on any atom is -0.391 e. The Hall–Kier alpha value is -4.65. The van der Waals surface area contributed by atoms with Crippen molar-refractivity contribution in [3.8, 4) is 11.1 Å². The van der Waals surface area contributed by atoms with Crippen molar-refractivity contribution in [1.82, 2.24) is 20.1 Å². The normalized spacial score (nSPS) is 10.2. The van der Waals surface area contributed by atoms with Crippen LogP contribution in [0, 0.1) is 5.41 Å². The van der Waals surface area contributed by atoms with Crippen LogP contribution in [-0.4, -0.2) is 33.6 Å². The number of benzene rings is 2. The highest BCUT2D eigenvalue weighted by Crippen LogP contribution is 2.34. The number of anilines is 2. The summed E-state index contributed by atoms with van der Waals surface area (Å²) in [6.07, 6.45) is 12.2. The van der Waals surface area contributed by atoms with Crippen molar-refractivity contribution in [2.24, 2.45) is 7.05 Å². The van der Waals surface area contributed by atoms with Crippen molar-refractivity contribution < 1.29 is 0 Å². The molecule has 0 spiro atoms. The highest BCUT2D eigenvalue weighted by Gasteiger charge is 2.20. The highest BCUT2D eigenvalue weighted by atomic mass is 15.2. The summed E-state index contributed by atoms with van der Waals surface area (Å²) < 4.78 is 1.75. The molecule has 0 fully saturated rings. The van der Waals surface area contributed by atoms with Crippen LogP contribution in [0.5, 0.6) is 0 Å². The van der Waals surface area contributed by atoms with Gasteiger partial charge >= 0.3 is 0 Å². The third-order valence-electron chi connectivity index (χ3n) is 6.10. The van der Waals surface area contributed by atoms with E-state index in [1.165, 1.54) is 11.1 Å². The van der Waals surface area contributed by atoms with E-state index in [9.17, 15) is 0 Å². The molecule has 0 bridgehead atoms. The lowest BCUT2D eigenvalue weighted by Crippen LogP contribution is -2.13. The number of aryl methyl sites for hydroxylation is 1. The molecule has 202 valence electrons. The summed E-state index contributed by atoms with van der Waals surface area (Å²) in [7, 11) is 1.88. The van der Waals surface area contributed by atoms with Crippen LogP contribution in [0.3, 0.4) is 0 Å². The van der Waals surface area contributed by atoms with Gasteiger partial charge in [-0.1, -0.05) is 67.3 Å². The maximum Gasteiger partial charge on any atom is 0.134 e. The Morgan fingerprint density at radius 1 is 1.05 bits per heavy atom. The minimum absolute atomic E-state index is 0.335. The number of nitrogens with two attached hydrogens (primary N) is 1. The molecule has 7 heteroatoms. The summed E-state index contributed by atoms with van der Waals surface area (Å²) in [5.74, 6) is 0.335. The van der Waals surface area contributed by atoms with Gasteiger partial charge < -0.3 is 16.4 Å². The predicted molar refractivity (Wildman–Crippen MR) is 164 cm³/mol. The number of hydrogen-bond acceptors (Lipinski definition) is 6. The van der Waals surface area contributed by atoms with E-state index in [4.69, 9.17) is 11.1 Å². The molecule has 2 aromatic carbocycles. The first-order chi connectivity index (χ1) is 19.0. The van der Waals surface area contributed by atoms with Crippen molar-refractivity contribution in [2.45, 2.75) is 26.2 Å². The Morgan fingerprint density at radius 2 is 1.77 bits per heavy atom. The molecule has 0 aliphatic heterocycles. The van der Waals surface area contributed by atoms with Gasteiger partial charge in [0.05, 0.1) is 23.2 Å². The first-order valence-electron chi connectivity index (χ1n) is 13.2. The maximum absolute atomic E-state index is 8.91. The Bertz CT molecular complexity index is 1350. The van der Waals surface area contributed by atoms with E-state index >= 15 is 0 Å². The Balaban J connectivity index is 0.000000459. The molecule has 0 aliphatic rings. The van der Waals surface area contributed by atoms with Crippen LogP contribution >= 0.6 is 0 Å². The Labute approximate surface area is 232 Å². The summed E-state index contributed by atoms with van der Waals surface area (Å²) in [6, 6.07) is 18.5. The van der Waals surface area contributed by atoms with Crippen molar-refractivity contribution >= 4 is 17.2 Å². The van der Waals surface area contributed by atoms with E-state index in [-0.39, 0.29) is 0 Å². The van der Waals surface area contributed by atoms with Gasteiger partial charge in [-0.15, -0.1) is 6.58 Å². The average molecular weight is 522 g/mol. The van der Waals surface area contributed by atoms with Crippen molar-refractivity contribution in [3.63, 3.8) is 0 Å². The summed E-state index contributed by atoms with van der Waals surface area (Å²) in [5, 5.41) is 19.6. The molecule has 0 atom stereocenters. The molecular weight excluding hydrogens is 482 g/mol. The van der Waals surface area contributed by atoms with Crippen LogP contribution < -0.4 is 16.4 Å². The van der Waals surface area contributed by atoms with E-state index < -0.39 is 0 Å². The average Bonchev–Trinajstić information content (AvgIpc) is 3.38. The number of unbranched alkanes of at least 4 members (excludes halogenated alkanes) is 1. The first kappa shape index (κ1) is 28.9. The lowest BCUT2D eigenvalue weighted by atomic mass is 9.96. The molecule has 0 saturated carbocycles. The second kappa shape index (κ2) is 14.9. The van der Waals surface area contributed by atoms with Crippen LogP contribution in [-0.2, 0) is 13.5 Å². The van der Waals surface area contributed by atoms with Gasteiger partial charge in [0.1, 0.15) is 5.82 Å². The molecule has 0 radical (unpaired) electrons. The number of nitrogens with zero attached hydrogens (tertiary/aromatic N) is 3. The minimum atomic E-state index is 0.335. The molecule has 7 nitrogen and oxygen atoms in total. The lowest BCUT2D eigenvalue weighted by molar-refractivity contribution is 0.766. The van der Waals surface area contributed by atoms with E-state index in [1.807, 2.05) is 56.6 Å². The summed E-state index contributed by atoms with van der Waals surface area (Å²) in [4.78, 5) is 4.39. The number of pyridine rings is 1. The SMILES string of the molecule is C=CCCCNC=C.CCNc1c(-c2cnn(C)c2)cnc(N)c1C(=N)c1ccc(Cc2ccccc2)cc1. The quantitative estimate of drug-likeness (QED) is 0.101. The third kappa shape index (κ3) is 8.17. The molecule has 0 saturated heterocycles. The smallest absolute Gasteiger partial charge is 0.134 e. The lowest BCUT2D eigenvalue weighted by Gasteiger charge is -2.17. The fraction of sp³-hybridized carbons (Fsp3) is 0.219. The molecule has 5 N–H and O–H groups in total. The summed E-state index contributed by atoms with van der Waals surface area (Å²) >= 11 is 0. The van der Waals surface area contributed by atoms with Gasteiger partial charge in [0.2, 0.25) is 0 Å². The Morgan fingerprint density at radius 3 is 2.38 bits per heavy atom. The Kier molecular flexibility index (Phi) is 11.1. The first-order valence-corrected chi connectivity index (χ1v) is 13.2. The fourth-order valence-electron chi connectivity index (χ4n) is 4.13. The zero-order valence-corrected chi connectivity index (χ0v) is 23.0. The topological polar surface area (TPSA) is 105 Å². The van der Waals surface area contributed by atoms with Crippen LogP contribution in [0.15, 0.2) is 98.6 Å². The highest BCUT2D eigenvalue weighted by molar-refractivity contribution is 6.18. The van der Waals surface area contributed by atoms with Gasteiger partial charge in [-0.05, 0) is 43.5 Å². The van der Waals surface area contributed by atoms with Gasteiger partial charge in [-0.3, -0.25) is 10.1 Å². The number of allylic oxidation sites excluding steroid dienone is 1. The fourth-order valence-corrected chi connectivity index (χ4v) is 4.13. The zero-order chi connectivity index (χ0) is 28.0. The number of hydrogen-bond donors (Lipinski definition) is 4.